The van der Waals surface area contributed by atoms with Crippen LogP contribution in [0.3, 0.4) is 0 Å². The molecule has 0 heterocycles. The number of hydrogen-bond acceptors (Lipinski definition) is 3. The van der Waals surface area contributed by atoms with Gasteiger partial charge in [-0.15, -0.1) is 0 Å². The molecule has 0 rings (SSSR count). The maximum Gasteiger partial charge on any atom is 0.333 e. The second-order valence-electron chi connectivity index (χ2n) is 5.26. The fraction of sp³-hybridized carbons (Fsp3) is 0.667. The average Bonchev–Trinajstić information content (AvgIpc) is 2.52. The van der Waals surface area contributed by atoms with Crippen molar-refractivity contribution in [3.8, 4) is 0 Å². The molecule has 0 aromatic rings. The normalized spacial score (nSPS) is 10.9. The van der Waals surface area contributed by atoms with Gasteiger partial charge in [-0.1, -0.05) is 59.6 Å². The molecule has 0 aliphatic heterocycles. The standard InChI is InChI=1S/C15H28O2.C3H4O2/c1-5-8-10-13(4)15(16)17-12-14(7-3)11-9-6-2;1-2-3(4)5/h14H,4-12H2,1-3H3;2H,1H2,(H,4,5). The molecule has 0 aliphatic carbocycles. The number of esters is 1. The molecule has 0 bridgehead atoms. The second-order valence-corrected chi connectivity index (χ2v) is 5.26. The van der Waals surface area contributed by atoms with Crippen molar-refractivity contribution in [2.75, 3.05) is 6.61 Å². The molecule has 22 heavy (non-hydrogen) atoms. The van der Waals surface area contributed by atoms with Gasteiger partial charge in [-0.05, 0) is 25.2 Å². The van der Waals surface area contributed by atoms with Gasteiger partial charge in [-0.25, -0.2) is 9.59 Å². The molecule has 4 heteroatoms. The highest BCUT2D eigenvalue weighted by Gasteiger charge is 2.12. The van der Waals surface area contributed by atoms with Crippen molar-refractivity contribution in [2.45, 2.75) is 65.7 Å². The number of carbonyl (C=O) groups excluding carboxylic acids is 1. The Morgan fingerprint density at radius 1 is 1.18 bits per heavy atom. The first kappa shape index (κ1) is 22.7. The summed E-state index contributed by atoms with van der Waals surface area (Å²) in [6, 6.07) is 0. The molecule has 1 unspecified atom stereocenters. The Kier molecular flexibility index (Phi) is 16.3. The summed E-state index contributed by atoms with van der Waals surface area (Å²) >= 11 is 0. The zero-order valence-electron chi connectivity index (χ0n) is 14.4. The zero-order chi connectivity index (χ0) is 17.4. The highest BCUT2D eigenvalue weighted by atomic mass is 16.5. The van der Waals surface area contributed by atoms with Crippen LogP contribution in [0.5, 0.6) is 0 Å². The minimum Gasteiger partial charge on any atom is -0.478 e. The molecule has 0 spiro atoms. The molecule has 0 amide bonds. The van der Waals surface area contributed by atoms with Crippen LogP contribution in [0, 0.1) is 5.92 Å². The van der Waals surface area contributed by atoms with E-state index in [4.69, 9.17) is 9.84 Å². The summed E-state index contributed by atoms with van der Waals surface area (Å²) in [4.78, 5) is 20.9. The van der Waals surface area contributed by atoms with E-state index in [-0.39, 0.29) is 5.97 Å². The minimum absolute atomic E-state index is 0.201. The molecule has 1 atom stereocenters. The lowest BCUT2D eigenvalue weighted by atomic mass is 10.0. The number of unbranched alkanes of at least 4 members (excludes halogenated alkanes) is 2. The maximum absolute atomic E-state index is 11.6. The Bertz CT molecular complexity index is 334. The van der Waals surface area contributed by atoms with Crippen molar-refractivity contribution in [2.24, 2.45) is 5.92 Å². The van der Waals surface area contributed by atoms with Gasteiger partial charge in [0.2, 0.25) is 0 Å². The third-order valence-corrected chi connectivity index (χ3v) is 3.29. The van der Waals surface area contributed by atoms with Gasteiger partial charge < -0.3 is 9.84 Å². The zero-order valence-corrected chi connectivity index (χ0v) is 14.4. The van der Waals surface area contributed by atoms with E-state index in [9.17, 15) is 9.59 Å². The summed E-state index contributed by atoms with van der Waals surface area (Å²) in [5.74, 6) is -0.670. The first-order chi connectivity index (χ1) is 10.4. The summed E-state index contributed by atoms with van der Waals surface area (Å²) in [5, 5.41) is 7.60. The molecule has 0 aliphatic rings. The van der Waals surface area contributed by atoms with Gasteiger partial charge in [0.25, 0.3) is 0 Å². The number of ether oxygens (including phenoxy) is 1. The lowest BCUT2D eigenvalue weighted by molar-refractivity contribution is -0.140. The quantitative estimate of drug-likeness (QED) is 0.442. The van der Waals surface area contributed by atoms with Crippen LogP contribution in [0.1, 0.15) is 65.7 Å². The van der Waals surface area contributed by atoms with Crippen LogP contribution in [0.25, 0.3) is 0 Å². The molecular weight excluding hydrogens is 280 g/mol. The smallest absolute Gasteiger partial charge is 0.333 e. The fourth-order valence-electron chi connectivity index (χ4n) is 1.69. The molecule has 128 valence electrons. The topological polar surface area (TPSA) is 63.6 Å². The second kappa shape index (κ2) is 15.8. The van der Waals surface area contributed by atoms with E-state index in [1.54, 1.807) is 0 Å². The van der Waals surface area contributed by atoms with E-state index in [0.29, 0.717) is 18.1 Å². The van der Waals surface area contributed by atoms with E-state index >= 15 is 0 Å². The van der Waals surface area contributed by atoms with Crippen LogP contribution in [-0.2, 0) is 14.3 Å². The highest BCUT2D eigenvalue weighted by Crippen LogP contribution is 2.14. The van der Waals surface area contributed by atoms with Gasteiger partial charge in [-0.2, -0.15) is 0 Å². The predicted molar refractivity (Wildman–Crippen MR) is 90.8 cm³/mol. The molecular formula is C18H32O4. The molecule has 1 N–H and O–H groups in total. The first-order valence-corrected chi connectivity index (χ1v) is 8.12. The van der Waals surface area contributed by atoms with Crippen LogP contribution in [-0.4, -0.2) is 23.7 Å². The van der Waals surface area contributed by atoms with Crippen LogP contribution in [0.4, 0.5) is 0 Å². The van der Waals surface area contributed by atoms with Crippen LogP contribution in [0.15, 0.2) is 24.8 Å². The van der Waals surface area contributed by atoms with Crippen molar-refractivity contribution in [3.63, 3.8) is 0 Å². The molecule has 0 saturated carbocycles. The monoisotopic (exact) mass is 312 g/mol. The third-order valence-electron chi connectivity index (χ3n) is 3.29. The summed E-state index contributed by atoms with van der Waals surface area (Å²) in [5.41, 5.74) is 0.622. The van der Waals surface area contributed by atoms with Crippen molar-refractivity contribution >= 4 is 11.9 Å². The summed E-state index contributed by atoms with van der Waals surface area (Å²) in [6.45, 7) is 13.7. The van der Waals surface area contributed by atoms with Crippen LogP contribution in [0.2, 0.25) is 0 Å². The number of aliphatic carboxylic acids is 1. The summed E-state index contributed by atoms with van der Waals surface area (Å²) < 4.78 is 5.31. The molecule has 4 nitrogen and oxygen atoms in total. The van der Waals surface area contributed by atoms with Crippen molar-refractivity contribution in [1.82, 2.24) is 0 Å². The Hall–Kier alpha value is -1.58. The van der Waals surface area contributed by atoms with E-state index in [1.165, 1.54) is 12.8 Å². The van der Waals surface area contributed by atoms with Crippen molar-refractivity contribution < 1.29 is 19.4 Å². The van der Waals surface area contributed by atoms with E-state index in [2.05, 4.69) is 33.9 Å². The lowest BCUT2D eigenvalue weighted by Crippen LogP contribution is -2.15. The third kappa shape index (κ3) is 14.8. The lowest BCUT2D eigenvalue weighted by Gasteiger charge is -2.15. The van der Waals surface area contributed by atoms with E-state index in [1.807, 2.05) is 0 Å². The molecule has 0 aromatic carbocycles. The van der Waals surface area contributed by atoms with Gasteiger partial charge in [-0.3, -0.25) is 0 Å². The Balaban J connectivity index is 0. The Morgan fingerprint density at radius 2 is 1.73 bits per heavy atom. The van der Waals surface area contributed by atoms with Crippen LogP contribution >= 0.6 is 0 Å². The molecule has 0 fully saturated rings. The molecule has 0 saturated heterocycles. The fourth-order valence-corrected chi connectivity index (χ4v) is 1.69. The summed E-state index contributed by atoms with van der Waals surface area (Å²) in [6.07, 6.45) is 8.35. The highest BCUT2D eigenvalue weighted by molar-refractivity contribution is 5.87. The van der Waals surface area contributed by atoms with Gasteiger partial charge in [0, 0.05) is 11.6 Å². The summed E-state index contributed by atoms with van der Waals surface area (Å²) in [7, 11) is 0. The number of rotatable bonds is 11. The molecule has 0 radical (unpaired) electrons. The number of hydrogen-bond donors (Lipinski definition) is 1. The SMILES string of the molecule is C=C(CCCC)C(=O)OCC(CC)CCCC.C=CC(=O)O. The number of carbonyl (C=O) groups is 2. The average molecular weight is 312 g/mol. The van der Waals surface area contributed by atoms with Crippen LogP contribution < -0.4 is 0 Å². The van der Waals surface area contributed by atoms with Crippen molar-refractivity contribution in [1.29, 1.82) is 0 Å². The predicted octanol–water partition coefficient (Wildman–Crippen LogP) is 4.75. The van der Waals surface area contributed by atoms with Gasteiger partial charge >= 0.3 is 11.9 Å². The van der Waals surface area contributed by atoms with Gasteiger partial charge in [0.15, 0.2) is 0 Å². The Labute approximate surface area is 135 Å². The minimum atomic E-state index is -0.981. The first-order valence-electron chi connectivity index (χ1n) is 8.12. The molecule has 0 aromatic heterocycles. The maximum atomic E-state index is 11.6. The number of carboxylic acids is 1. The van der Waals surface area contributed by atoms with E-state index < -0.39 is 5.97 Å². The van der Waals surface area contributed by atoms with Crippen molar-refractivity contribution in [3.05, 3.63) is 24.8 Å². The Morgan fingerprint density at radius 3 is 2.14 bits per heavy atom. The van der Waals surface area contributed by atoms with Gasteiger partial charge in [0.05, 0.1) is 6.61 Å². The number of carboxylic acid groups (broad SMARTS) is 1. The van der Waals surface area contributed by atoms with Gasteiger partial charge in [0.1, 0.15) is 0 Å². The van der Waals surface area contributed by atoms with E-state index in [0.717, 1.165) is 38.2 Å². The largest absolute Gasteiger partial charge is 0.478 e.